The number of nitrogens with zero attached hydrogens (tertiary/aromatic N) is 1. The van der Waals surface area contributed by atoms with E-state index in [9.17, 15) is 18.0 Å². The van der Waals surface area contributed by atoms with Crippen molar-refractivity contribution in [2.45, 2.75) is 11.8 Å². The van der Waals surface area contributed by atoms with E-state index in [-0.39, 0.29) is 38.1 Å². The van der Waals surface area contributed by atoms with E-state index in [1.165, 1.54) is 36.5 Å². The summed E-state index contributed by atoms with van der Waals surface area (Å²) < 4.78 is 39.4. The van der Waals surface area contributed by atoms with Crippen molar-refractivity contribution in [3.63, 3.8) is 0 Å². The maximum absolute atomic E-state index is 15.1. The fourth-order valence-corrected chi connectivity index (χ4v) is 5.10. The Labute approximate surface area is 228 Å². The summed E-state index contributed by atoms with van der Waals surface area (Å²) in [4.78, 5) is 30.1. The van der Waals surface area contributed by atoms with E-state index in [0.717, 1.165) is 12.3 Å². The van der Waals surface area contributed by atoms with Crippen LogP contribution >= 0.6 is 23.2 Å². The van der Waals surface area contributed by atoms with Crippen LogP contribution in [0.25, 0.3) is 11.1 Å². The summed E-state index contributed by atoms with van der Waals surface area (Å²) in [5.41, 5.74) is 0.940. The van der Waals surface area contributed by atoms with Crippen LogP contribution in [0, 0.1) is 12.7 Å². The van der Waals surface area contributed by atoms with Gasteiger partial charge in [-0.1, -0.05) is 47.5 Å². The van der Waals surface area contributed by atoms with E-state index in [2.05, 4.69) is 15.6 Å². The van der Waals surface area contributed by atoms with Crippen molar-refractivity contribution >= 4 is 56.4 Å². The van der Waals surface area contributed by atoms with Gasteiger partial charge in [0.2, 0.25) is 0 Å². The number of hydrogen-bond donors (Lipinski definition) is 2. The zero-order chi connectivity index (χ0) is 27.6. The Kier molecular flexibility index (Phi) is 7.82. The third kappa shape index (κ3) is 6.02. The molecule has 0 unspecified atom stereocenters. The molecule has 194 valence electrons. The average Bonchev–Trinajstić information content (AvgIpc) is 2.86. The highest BCUT2D eigenvalue weighted by molar-refractivity contribution is 7.90. The van der Waals surface area contributed by atoms with Gasteiger partial charge in [0.05, 0.1) is 31.8 Å². The quantitative estimate of drug-likeness (QED) is 0.278. The van der Waals surface area contributed by atoms with Gasteiger partial charge in [0, 0.05) is 18.0 Å². The Morgan fingerprint density at radius 3 is 2.26 bits per heavy atom. The summed E-state index contributed by atoms with van der Waals surface area (Å²) in [5.74, 6) is -2.11. The smallest absolute Gasteiger partial charge is 0.258 e. The molecule has 7 nitrogen and oxygen atoms in total. The van der Waals surface area contributed by atoms with Gasteiger partial charge in [0.15, 0.2) is 9.84 Å². The molecule has 0 spiro atoms. The van der Waals surface area contributed by atoms with Crippen LogP contribution < -0.4 is 10.6 Å². The van der Waals surface area contributed by atoms with Gasteiger partial charge in [0.25, 0.3) is 11.8 Å². The van der Waals surface area contributed by atoms with Crippen LogP contribution in [-0.4, -0.2) is 31.5 Å². The van der Waals surface area contributed by atoms with Gasteiger partial charge in [0.1, 0.15) is 11.6 Å². The van der Waals surface area contributed by atoms with E-state index in [1.807, 2.05) is 0 Å². The molecule has 4 aromatic rings. The van der Waals surface area contributed by atoms with E-state index < -0.39 is 27.5 Å². The predicted molar refractivity (Wildman–Crippen MR) is 146 cm³/mol. The Hall–Kier alpha value is -3.79. The first kappa shape index (κ1) is 27.3. The molecule has 0 radical (unpaired) electrons. The van der Waals surface area contributed by atoms with Crippen LogP contribution in [0.1, 0.15) is 26.3 Å². The van der Waals surface area contributed by atoms with E-state index in [4.69, 9.17) is 23.2 Å². The summed E-state index contributed by atoms with van der Waals surface area (Å²) in [5, 5.41) is 5.60. The van der Waals surface area contributed by atoms with Crippen LogP contribution in [0.5, 0.6) is 0 Å². The van der Waals surface area contributed by atoms with Crippen molar-refractivity contribution in [1.29, 1.82) is 0 Å². The molecule has 2 amide bonds. The number of rotatable bonds is 6. The van der Waals surface area contributed by atoms with Crippen molar-refractivity contribution in [2.75, 3.05) is 16.9 Å². The second-order valence-electron chi connectivity index (χ2n) is 8.40. The van der Waals surface area contributed by atoms with Gasteiger partial charge in [-0.3, -0.25) is 9.59 Å². The molecule has 1 aromatic heterocycles. The third-order valence-electron chi connectivity index (χ3n) is 5.50. The molecule has 4 rings (SSSR count). The van der Waals surface area contributed by atoms with Crippen molar-refractivity contribution in [2.24, 2.45) is 0 Å². The average molecular weight is 572 g/mol. The van der Waals surface area contributed by atoms with Gasteiger partial charge in [-0.05, 0) is 60.5 Å². The maximum Gasteiger partial charge on any atom is 0.258 e. The Morgan fingerprint density at radius 1 is 0.895 bits per heavy atom. The lowest BCUT2D eigenvalue weighted by Gasteiger charge is -2.15. The zero-order valence-electron chi connectivity index (χ0n) is 20.1. The first-order valence-electron chi connectivity index (χ1n) is 11.1. The Bertz CT molecular complexity index is 1680. The lowest BCUT2D eigenvalue weighted by atomic mass is 10.0. The number of pyridine rings is 1. The highest BCUT2D eigenvalue weighted by Gasteiger charge is 2.22. The van der Waals surface area contributed by atoms with Crippen molar-refractivity contribution < 1.29 is 22.4 Å². The van der Waals surface area contributed by atoms with Crippen LogP contribution in [0.3, 0.4) is 0 Å². The molecule has 0 fully saturated rings. The number of benzene rings is 3. The number of nitrogens with one attached hydrogen (secondary N) is 2. The highest BCUT2D eigenvalue weighted by atomic mass is 35.5. The molecule has 11 heteroatoms. The molecule has 0 aliphatic carbocycles. The van der Waals surface area contributed by atoms with Crippen LogP contribution in [0.4, 0.5) is 15.9 Å². The molecular formula is C27H20Cl2FN3O4S. The fourth-order valence-electron chi connectivity index (χ4n) is 3.76. The minimum atomic E-state index is -3.57. The lowest BCUT2D eigenvalue weighted by Crippen LogP contribution is -2.20. The summed E-state index contributed by atoms with van der Waals surface area (Å²) in [6.07, 6.45) is 2.43. The monoisotopic (exact) mass is 571 g/mol. The highest BCUT2D eigenvalue weighted by Crippen LogP contribution is 2.31. The predicted octanol–water partition coefficient (Wildman–Crippen LogP) is 6.41. The summed E-state index contributed by atoms with van der Waals surface area (Å²) in [6.45, 7) is 1.72. The van der Waals surface area contributed by atoms with Gasteiger partial charge in [-0.25, -0.2) is 17.8 Å². The first-order valence-corrected chi connectivity index (χ1v) is 13.7. The van der Waals surface area contributed by atoms with E-state index in [1.54, 1.807) is 37.3 Å². The Balaban J connectivity index is 1.65. The fraction of sp³-hybridized carbons (Fsp3) is 0.0741. The molecule has 0 atom stereocenters. The summed E-state index contributed by atoms with van der Waals surface area (Å²) >= 11 is 12.2. The van der Waals surface area contributed by atoms with Crippen LogP contribution in [0.15, 0.2) is 77.8 Å². The second kappa shape index (κ2) is 10.9. The van der Waals surface area contributed by atoms with Gasteiger partial charge in [-0.15, -0.1) is 0 Å². The summed E-state index contributed by atoms with van der Waals surface area (Å²) in [6, 6.07) is 16.1. The topological polar surface area (TPSA) is 105 Å². The molecular weight excluding hydrogens is 552 g/mol. The largest absolute Gasteiger partial charge is 0.320 e. The number of aromatic nitrogens is 1. The maximum atomic E-state index is 15.1. The lowest BCUT2D eigenvalue weighted by molar-refractivity contribution is 0.102. The number of aryl methyl sites for hydroxylation is 1. The van der Waals surface area contributed by atoms with Gasteiger partial charge >= 0.3 is 0 Å². The number of carbonyl (C=O) groups excluding carboxylic acids is 2. The molecule has 0 saturated carbocycles. The molecule has 3 aromatic carbocycles. The second-order valence-corrected chi connectivity index (χ2v) is 11.2. The number of amides is 2. The van der Waals surface area contributed by atoms with Gasteiger partial charge in [-0.2, -0.15) is 0 Å². The van der Waals surface area contributed by atoms with Crippen LogP contribution in [0.2, 0.25) is 10.0 Å². The minimum absolute atomic E-state index is 0.0142. The Morgan fingerprint density at radius 2 is 1.61 bits per heavy atom. The van der Waals surface area contributed by atoms with Crippen LogP contribution in [-0.2, 0) is 9.84 Å². The van der Waals surface area contributed by atoms with Gasteiger partial charge < -0.3 is 10.6 Å². The first-order chi connectivity index (χ1) is 17.9. The van der Waals surface area contributed by atoms with Crippen molar-refractivity contribution in [1.82, 2.24) is 4.98 Å². The molecule has 0 aliphatic heterocycles. The number of sulfone groups is 1. The standard InChI is InChI=1S/C27H20Cl2FN3O4S/c1-15-11-20(27(35)32-24-10-8-17(28)14-31-24)25(21(29)12-15)33-26(34)19-9-7-16(13-22(19)30)18-5-3-4-6-23(18)38(2,36)37/h3-14H,1-2H3,(H,33,34)(H,31,32,35). The number of anilines is 2. The summed E-state index contributed by atoms with van der Waals surface area (Å²) in [7, 11) is -3.57. The number of hydrogen-bond acceptors (Lipinski definition) is 5. The van der Waals surface area contributed by atoms with Crippen molar-refractivity contribution in [3.05, 3.63) is 105 Å². The van der Waals surface area contributed by atoms with Crippen molar-refractivity contribution in [3.8, 4) is 11.1 Å². The molecule has 38 heavy (non-hydrogen) atoms. The van der Waals surface area contributed by atoms with E-state index >= 15 is 4.39 Å². The molecule has 0 aliphatic rings. The SMILES string of the molecule is Cc1cc(Cl)c(NC(=O)c2ccc(-c3ccccc3S(C)(=O)=O)cc2F)c(C(=O)Nc2ccc(Cl)cn2)c1. The zero-order valence-corrected chi connectivity index (χ0v) is 22.4. The minimum Gasteiger partial charge on any atom is -0.320 e. The third-order valence-corrected chi connectivity index (χ3v) is 7.17. The van der Waals surface area contributed by atoms with E-state index in [0.29, 0.717) is 16.1 Å². The molecule has 2 N–H and O–H groups in total. The number of carbonyl (C=O) groups is 2. The number of halogens is 3. The molecule has 0 bridgehead atoms. The normalized spacial score (nSPS) is 11.2. The molecule has 1 heterocycles. The molecule has 0 saturated heterocycles.